The molecule has 1 aromatic carbocycles. The molecular formula is C20H21N5O3. The lowest BCUT2D eigenvalue weighted by molar-refractivity contribution is -0.117. The molecule has 0 bridgehead atoms. The molecule has 0 spiro atoms. The van der Waals surface area contributed by atoms with E-state index in [1.807, 2.05) is 54.2 Å². The summed E-state index contributed by atoms with van der Waals surface area (Å²) in [5.41, 5.74) is 2.67. The highest BCUT2D eigenvalue weighted by molar-refractivity contribution is 5.99. The molecule has 0 saturated carbocycles. The molecule has 2 amide bonds. The van der Waals surface area contributed by atoms with E-state index in [0.717, 1.165) is 5.69 Å². The number of ether oxygens (including phenoxy) is 1. The normalized spacial score (nSPS) is 16.4. The van der Waals surface area contributed by atoms with Crippen LogP contribution in [0.5, 0.6) is 5.75 Å². The first-order valence-electron chi connectivity index (χ1n) is 8.98. The van der Waals surface area contributed by atoms with Crippen LogP contribution in [0.1, 0.15) is 16.9 Å². The van der Waals surface area contributed by atoms with Gasteiger partial charge in [0, 0.05) is 26.2 Å². The Morgan fingerprint density at radius 2 is 2.11 bits per heavy atom. The van der Waals surface area contributed by atoms with Gasteiger partial charge in [-0.25, -0.2) is 0 Å². The number of methoxy groups -OCH3 is 1. The zero-order valence-electron chi connectivity index (χ0n) is 15.7. The van der Waals surface area contributed by atoms with Crippen molar-refractivity contribution < 1.29 is 14.3 Å². The molecule has 1 aliphatic heterocycles. The number of nitrogens with zero attached hydrogens (tertiary/aromatic N) is 3. The maximum absolute atomic E-state index is 12.6. The Kier molecular flexibility index (Phi) is 4.60. The van der Waals surface area contributed by atoms with Crippen molar-refractivity contribution in [2.75, 3.05) is 18.6 Å². The molecule has 8 heteroatoms. The zero-order chi connectivity index (χ0) is 19.7. The predicted octanol–water partition coefficient (Wildman–Crippen LogP) is 1.96. The molecule has 1 atom stereocenters. The van der Waals surface area contributed by atoms with Crippen LogP contribution in [0.2, 0.25) is 0 Å². The number of carbonyl (C=O) groups excluding carboxylic acids is 2. The van der Waals surface area contributed by atoms with Gasteiger partial charge in [0.2, 0.25) is 5.91 Å². The first-order valence-corrected chi connectivity index (χ1v) is 8.98. The van der Waals surface area contributed by atoms with E-state index in [-0.39, 0.29) is 24.3 Å². The van der Waals surface area contributed by atoms with Crippen LogP contribution in [-0.2, 0) is 11.8 Å². The number of aryl methyl sites for hydroxylation is 1. The molecule has 28 heavy (non-hydrogen) atoms. The summed E-state index contributed by atoms with van der Waals surface area (Å²) in [6, 6.07) is 12.6. The van der Waals surface area contributed by atoms with Gasteiger partial charge in [-0.15, -0.1) is 0 Å². The largest absolute Gasteiger partial charge is 0.495 e. The van der Waals surface area contributed by atoms with Crippen molar-refractivity contribution in [1.29, 1.82) is 0 Å². The summed E-state index contributed by atoms with van der Waals surface area (Å²) in [7, 11) is 3.49. The van der Waals surface area contributed by atoms with Gasteiger partial charge in [0.1, 0.15) is 17.1 Å². The average Bonchev–Trinajstić information content (AvgIpc) is 3.41. The highest BCUT2D eigenvalue weighted by Crippen LogP contribution is 2.31. The van der Waals surface area contributed by atoms with Crippen LogP contribution in [-0.4, -0.2) is 46.3 Å². The van der Waals surface area contributed by atoms with Gasteiger partial charge in [-0.1, -0.05) is 12.1 Å². The number of nitrogens with one attached hydrogen (secondary N) is 2. The summed E-state index contributed by atoms with van der Waals surface area (Å²) < 4.78 is 7.27. The summed E-state index contributed by atoms with van der Waals surface area (Å²) in [6.45, 7) is 0.393. The molecule has 0 radical (unpaired) electrons. The third-order valence-electron chi connectivity index (χ3n) is 4.86. The number of hydrogen-bond donors (Lipinski definition) is 2. The fraction of sp³-hybridized carbons (Fsp3) is 0.250. The number of aromatic nitrogens is 3. The number of benzene rings is 1. The van der Waals surface area contributed by atoms with Gasteiger partial charge in [-0.05, 0) is 30.3 Å². The van der Waals surface area contributed by atoms with Gasteiger partial charge >= 0.3 is 0 Å². The van der Waals surface area contributed by atoms with Gasteiger partial charge in [0.15, 0.2) is 0 Å². The van der Waals surface area contributed by atoms with Gasteiger partial charge in [0.25, 0.3) is 5.91 Å². The lowest BCUT2D eigenvalue weighted by atomic mass is 10.2. The molecule has 2 N–H and O–H groups in total. The summed E-state index contributed by atoms with van der Waals surface area (Å²) in [4.78, 5) is 26.7. The number of hydrogen-bond acceptors (Lipinski definition) is 4. The predicted molar refractivity (Wildman–Crippen MR) is 104 cm³/mol. The molecule has 1 saturated heterocycles. The lowest BCUT2D eigenvalue weighted by Gasteiger charge is -2.19. The Balaban J connectivity index is 1.45. The first-order chi connectivity index (χ1) is 13.6. The maximum Gasteiger partial charge on any atom is 0.269 e. The Hall–Kier alpha value is -3.55. The Morgan fingerprint density at radius 3 is 2.86 bits per heavy atom. The number of amides is 2. The summed E-state index contributed by atoms with van der Waals surface area (Å²) >= 11 is 0. The molecule has 144 valence electrons. The number of carbonyl (C=O) groups is 2. The van der Waals surface area contributed by atoms with Crippen LogP contribution in [0.4, 0.5) is 5.69 Å². The minimum absolute atomic E-state index is 0.0519. The van der Waals surface area contributed by atoms with Crippen LogP contribution in [0.25, 0.3) is 11.4 Å². The minimum atomic E-state index is -0.285. The Labute approximate surface area is 162 Å². The van der Waals surface area contributed by atoms with Crippen molar-refractivity contribution >= 4 is 17.5 Å². The molecule has 3 heterocycles. The molecule has 1 unspecified atom stereocenters. The Morgan fingerprint density at radius 1 is 1.29 bits per heavy atom. The number of para-hydroxylation sites is 2. The van der Waals surface area contributed by atoms with Gasteiger partial charge in [-0.2, -0.15) is 5.10 Å². The summed E-state index contributed by atoms with van der Waals surface area (Å²) in [5.74, 6) is 0.292. The fourth-order valence-corrected chi connectivity index (χ4v) is 3.45. The van der Waals surface area contributed by atoms with Crippen molar-refractivity contribution in [2.24, 2.45) is 7.05 Å². The molecule has 1 aliphatic rings. The van der Waals surface area contributed by atoms with Crippen molar-refractivity contribution in [3.63, 3.8) is 0 Å². The molecular weight excluding hydrogens is 358 g/mol. The van der Waals surface area contributed by atoms with Crippen molar-refractivity contribution in [3.8, 4) is 17.1 Å². The van der Waals surface area contributed by atoms with Crippen LogP contribution in [0.3, 0.4) is 0 Å². The van der Waals surface area contributed by atoms with Gasteiger partial charge in [-0.3, -0.25) is 14.7 Å². The molecule has 2 aromatic heterocycles. The third-order valence-corrected chi connectivity index (χ3v) is 4.86. The van der Waals surface area contributed by atoms with Crippen LogP contribution >= 0.6 is 0 Å². The topological polar surface area (TPSA) is 92.2 Å². The minimum Gasteiger partial charge on any atom is -0.495 e. The summed E-state index contributed by atoms with van der Waals surface area (Å²) in [5, 5.41) is 9.90. The SMILES string of the molecule is COc1ccccc1N1CC(NC(=O)c2cc(-c3cccn3C)n[nH]2)CC1=O. The molecule has 3 aromatic rings. The molecule has 4 rings (SSSR count). The highest BCUT2D eigenvalue weighted by Gasteiger charge is 2.33. The second kappa shape index (κ2) is 7.22. The highest BCUT2D eigenvalue weighted by atomic mass is 16.5. The van der Waals surface area contributed by atoms with E-state index in [2.05, 4.69) is 15.5 Å². The van der Waals surface area contributed by atoms with E-state index < -0.39 is 0 Å². The van der Waals surface area contributed by atoms with Crippen LogP contribution in [0.15, 0.2) is 48.7 Å². The van der Waals surface area contributed by atoms with E-state index in [9.17, 15) is 9.59 Å². The molecule has 0 aliphatic carbocycles. The number of aromatic amines is 1. The van der Waals surface area contributed by atoms with Crippen molar-refractivity contribution in [2.45, 2.75) is 12.5 Å². The number of anilines is 1. The van der Waals surface area contributed by atoms with E-state index >= 15 is 0 Å². The van der Waals surface area contributed by atoms with Crippen molar-refractivity contribution in [1.82, 2.24) is 20.1 Å². The fourth-order valence-electron chi connectivity index (χ4n) is 3.45. The third kappa shape index (κ3) is 3.24. The quantitative estimate of drug-likeness (QED) is 0.709. The second-order valence-electron chi connectivity index (χ2n) is 6.72. The Bertz CT molecular complexity index is 1020. The van der Waals surface area contributed by atoms with E-state index in [4.69, 9.17) is 4.74 Å². The van der Waals surface area contributed by atoms with Crippen LogP contribution < -0.4 is 15.0 Å². The molecule has 8 nitrogen and oxygen atoms in total. The monoisotopic (exact) mass is 379 g/mol. The van der Waals surface area contributed by atoms with Crippen molar-refractivity contribution in [3.05, 3.63) is 54.4 Å². The van der Waals surface area contributed by atoms with E-state index in [0.29, 0.717) is 29.4 Å². The first kappa shape index (κ1) is 17.8. The number of rotatable bonds is 5. The average molecular weight is 379 g/mol. The standard InChI is InChI=1S/C20H21N5O3/c1-24-9-5-7-16(24)14-11-15(23-22-14)20(27)21-13-10-19(26)25(12-13)17-6-3-4-8-18(17)28-2/h3-9,11,13H,10,12H2,1-2H3,(H,21,27)(H,22,23). The lowest BCUT2D eigenvalue weighted by Crippen LogP contribution is -2.37. The zero-order valence-corrected chi connectivity index (χ0v) is 15.7. The second-order valence-corrected chi connectivity index (χ2v) is 6.72. The summed E-state index contributed by atoms with van der Waals surface area (Å²) in [6.07, 6.45) is 2.16. The molecule has 1 fully saturated rings. The van der Waals surface area contributed by atoms with Gasteiger partial charge < -0.3 is 19.5 Å². The van der Waals surface area contributed by atoms with Gasteiger partial charge in [0.05, 0.1) is 24.5 Å². The van der Waals surface area contributed by atoms with E-state index in [1.165, 1.54) is 0 Å². The van der Waals surface area contributed by atoms with E-state index in [1.54, 1.807) is 18.1 Å². The van der Waals surface area contributed by atoms with Crippen LogP contribution in [0, 0.1) is 0 Å². The smallest absolute Gasteiger partial charge is 0.269 e. The maximum atomic E-state index is 12.6. The number of H-pyrrole nitrogens is 1.